The van der Waals surface area contributed by atoms with Gasteiger partial charge in [0.25, 0.3) is 0 Å². The minimum absolute atomic E-state index is 0.299. The molecule has 0 saturated heterocycles. The van der Waals surface area contributed by atoms with Crippen LogP contribution in [0.5, 0.6) is 5.75 Å². The van der Waals surface area contributed by atoms with Gasteiger partial charge in [0.2, 0.25) is 0 Å². The predicted octanol–water partition coefficient (Wildman–Crippen LogP) is 3.16. The van der Waals surface area contributed by atoms with Gasteiger partial charge in [-0.15, -0.1) is 11.8 Å². The second kappa shape index (κ2) is 6.51. The lowest BCUT2D eigenvalue weighted by molar-refractivity contribution is -0.116. The number of methoxy groups -OCH3 is 1. The van der Waals surface area contributed by atoms with E-state index in [-0.39, 0.29) is 0 Å². The van der Waals surface area contributed by atoms with Crippen LogP contribution < -0.4 is 4.74 Å². The van der Waals surface area contributed by atoms with Crippen LogP contribution in [0.2, 0.25) is 0 Å². The maximum absolute atomic E-state index is 11.4. The molecule has 0 aliphatic rings. The molecule has 1 aromatic rings. The van der Waals surface area contributed by atoms with Crippen LogP contribution in [-0.2, 0) is 4.79 Å². The fourth-order valence-corrected chi connectivity index (χ4v) is 2.18. The van der Waals surface area contributed by atoms with E-state index >= 15 is 0 Å². The number of thioether (sulfide) groups is 1. The van der Waals surface area contributed by atoms with Crippen molar-refractivity contribution in [2.45, 2.75) is 24.7 Å². The van der Waals surface area contributed by atoms with Gasteiger partial charge in [-0.05, 0) is 18.6 Å². The molecule has 0 unspecified atom stereocenters. The third-order valence-electron chi connectivity index (χ3n) is 1.99. The fraction of sp³-hybridized carbons (Fsp3) is 0.417. The highest BCUT2D eigenvalue weighted by atomic mass is 32.2. The molecule has 0 bridgehead atoms. The molecule has 0 aliphatic heterocycles. The highest BCUT2D eigenvalue weighted by Crippen LogP contribution is 2.28. The van der Waals surface area contributed by atoms with Crippen LogP contribution in [0.4, 0.5) is 0 Å². The second-order valence-electron chi connectivity index (χ2n) is 3.23. The van der Waals surface area contributed by atoms with Crippen molar-refractivity contribution in [1.82, 2.24) is 0 Å². The summed E-state index contributed by atoms with van der Waals surface area (Å²) in [5.74, 6) is 1.68. The smallest absolute Gasteiger partial charge is 0.143 e. The third kappa shape index (κ3) is 3.96. The van der Waals surface area contributed by atoms with Gasteiger partial charge in [0, 0.05) is 11.3 Å². The van der Waals surface area contributed by atoms with Crippen molar-refractivity contribution in [2.24, 2.45) is 0 Å². The van der Waals surface area contributed by atoms with Crippen molar-refractivity contribution in [3.63, 3.8) is 0 Å². The summed E-state index contributed by atoms with van der Waals surface area (Å²) in [6, 6.07) is 7.77. The zero-order chi connectivity index (χ0) is 11.1. The molecule has 0 fully saturated rings. The molecule has 82 valence electrons. The molecule has 0 spiro atoms. The van der Waals surface area contributed by atoms with E-state index in [4.69, 9.17) is 4.74 Å². The molecule has 2 nitrogen and oxygen atoms in total. The largest absolute Gasteiger partial charge is 0.496 e. The topological polar surface area (TPSA) is 26.3 Å². The quantitative estimate of drug-likeness (QED) is 0.694. The zero-order valence-electron chi connectivity index (χ0n) is 9.16. The molecule has 0 amide bonds. The molecule has 0 radical (unpaired) electrons. The van der Waals surface area contributed by atoms with Gasteiger partial charge < -0.3 is 4.74 Å². The highest BCUT2D eigenvalue weighted by Gasteiger charge is 2.05. The van der Waals surface area contributed by atoms with Crippen LogP contribution in [0, 0.1) is 0 Å². The highest BCUT2D eigenvalue weighted by molar-refractivity contribution is 8.00. The number of carbonyl (C=O) groups is 1. The molecule has 0 heterocycles. The number of benzene rings is 1. The molecular formula is C12H16O2S. The van der Waals surface area contributed by atoms with Crippen LogP contribution in [0.1, 0.15) is 19.8 Å². The fourth-order valence-electron chi connectivity index (χ4n) is 1.25. The van der Waals surface area contributed by atoms with Gasteiger partial charge in [0.15, 0.2) is 0 Å². The number of hydrogen-bond donors (Lipinski definition) is 0. The Morgan fingerprint density at radius 3 is 2.80 bits per heavy atom. The first-order chi connectivity index (χ1) is 7.27. The Labute approximate surface area is 95.0 Å². The summed E-state index contributed by atoms with van der Waals surface area (Å²) >= 11 is 1.55. The summed E-state index contributed by atoms with van der Waals surface area (Å²) in [6.45, 7) is 2.02. The Morgan fingerprint density at radius 2 is 2.13 bits per heavy atom. The monoisotopic (exact) mass is 224 g/mol. The van der Waals surface area contributed by atoms with Crippen LogP contribution in [0.3, 0.4) is 0 Å². The number of hydrogen-bond acceptors (Lipinski definition) is 3. The van der Waals surface area contributed by atoms with E-state index in [1.165, 1.54) is 0 Å². The second-order valence-corrected chi connectivity index (χ2v) is 4.25. The lowest BCUT2D eigenvalue weighted by Gasteiger charge is -2.06. The molecular weight excluding hydrogens is 208 g/mol. The lowest BCUT2D eigenvalue weighted by atomic mass is 10.3. The van der Waals surface area contributed by atoms with Gasteiger partial charge in [0.1, 0.15) is 11.5 Å². The predicted molar refractivity (Wildman–Crippen MR) is 63.6 cm³/mol. The average Bonchev–Trinajstić information content (AvgIpc) is 2.27. The zero-order valence-corrected chi connectivity index (χ0v) is 9.97. The van der Waals surface area contributed by atoms with E-state index in [9.17, 15) is 4.79 Å². The van der Waals surface area contributed by atoms with Crippen molar-refractivity contribution < 1.29 is 9.53 Å². The van der Waals surface area contributed by atoms with Crippen molar-refractivity contribution >= 4 is 17.5 Å². The van der Waals surface area contributed by atoms with E-state index in [0.29, 0.717) is 18.0 Å². The first-order valence-electron chi connectivity index (χ1n) is 5.05. The Morgan fingerprint density at radius 1 is 1.40 bits per heavy atom. The first-order valence-corrected chi connectivity index (χ1v) is 6.04. The Kier molecular flexibility index (Phi) is 5.26. The van der Waals surface area contributed by atoms with E-state index in [1.807, 2.05) is 31.2 Å². The van der Waals surface area contributed by atoms with Crippen molar-refractivity contribution in [3.05, 3.63) is 24.3 Å². The number of para-hydroxylation sites is 1. The summed E-state index contributed by atoms with van der Waals surface area (Å²) < 4.78 is 5.21. The van der Waals surface area contributed by atoms with Gasteiger partial charge in [-0.25, -0.2) is 0 Å². The molecule has 1 rings (SSSR count). The van der Waals surface area contributed by atoms with Gasteiger partial charge >= 0.3 is 0 Å². The van der Waals surface area contributed by atoms with Gasteiger partial charge in [-0.1, -0.05) is 19.1 Å². The summed E-state index contributed by atoms with van der Waals surface area (Å²) in [6.07, 6.45) is 1.59. The van der Waals surface area contributed by atoms with Crippen molar-refractivity contribution in [1.29, 1.82) is 0 Å². The van der Waals surface area contributed by atoms with Gasteiger partial charge in [-0.3, -0.25) is 4.79 Å². The maximum Gasteiger partial charge on any atom is 0.143 e. The number of carbonyl (C=O) groups excluding carboxylic acids is 1. The Balaban J connectivity index is 2.53. The van der Waals surface area contributed by atoms with Crippen LogP contribution >= 0.6 is 11.8 Å². The van der Waals surface area contributed by atoms with Crippen LogP contribution in [0.15, 0.2) is 29.2 Å². The number of rotatable bonds is 6. The lowest BCUT2D eigenvalue weighted by Crippen LogP contribution is -2.00. The van der Waals surface area contributed by atoms with E-state index in [0.717, 1.165) is 17.1 Å². The molecule has 0 aromatic heterocycles. The summed E-state index contributed by atoms with van der Waals surface area (Å²) in [5.41, 5.74) is 0. The van der Waals surface area contributed by atoms with E-state index in [1.54, 1.807) is 18.9 Å². The van der Waals surface area contributed by atoms with Crippen molar-refractivity contribution in [3.8, 4) is 5.75 Å². The molecule has 0 saturated carbocycles. The minimum Gasteiger partial charge on any atom is -0.496 e. The Bertz CT molecular complexity index is 323. The SMILES string of the molecule is CCCC(=O)CSc1ccccc1OC. The third-order valence-corrected chi connectivity index (χ3v) is 3.10. The van der Waals surface area contributed by atoms with Crippen LogP contribution in [-0.4, -0.2) is 18.6 Å². The van der Waals surface area contributed by atoms with Crippen molar-refractivity contribution in [2.75, 3.05) is 12.9 Å². The van der Waals surface area contributed by atoms with Gasteiger partial charge in [0.05, 0.1) is 12.9 Å². The molecule has 15 heavy (non-hydrogen) atoms. The maximum atomic E-state index is 11.4. The number of Topliss-reactive ketones (excluding diaryl/α,β-unsaturated/α-hetero) is 1. The molecule has 1 aromatic carbocycles. The van der Waals surface area contributed by atoms with E-state index in [2.05, 4.69) is 0 Å². The van der Waals surface area contributed by atoms with Crippen LogP contribution in [0.25, 0.3) is 0 Å². The molecule has 3 heteroatoms. The minimum atomic E-state index is 0.299. The van der Waals surface area contributed by atoms with Gasteiger partial charge in [-0.2, -0.15) is 0 Å². The summed E-state index contributed by atoms with van der Waals surface area (Å²) in [5, 5.41) is 0. The first kappa shape index (κ1) is 12.1. The molecule has 0 atom stereocenters. The summed E-state index contributed by atoms with van der Waals surface area (Å²) in [7, 11) is 1.65. The normalized spacial score (nSPS) is 10.0. The van der Waals surface area contributed by atoms with E-state index < -0.39 is 0 Å². The molecule has 0 N–H and O–H groups in total. The standard InChI is InChI=1S/C12H16O2S/c1-3-6-10(13)9-15-12-8-5-4-7-11(12)14-2/h4-5,7-8H,3,6,9H2,1-2H3. The number of ether oxygens (including phenoxy) is 1. The Hall–Kier alpha value is -0.960. The summed E-state index contributed by atoms with van der Waals surface area (Å²) in [4.78, 5) is 12.4. The molecule has 0 aliphatic carbocycles. The average molecular weight is 224 g/mol. The number of ketones is 1.